The molecule has 0 saturated heterocycles. The van der Waals surface area contributed by atoms with Gasteiger partial charge in [0.05, 0.1) is 26.2 Å². The van der Waals surface area contributed by atoms with E-state index in [0.29, 0.717) is 0 Å². The van der Waals surface area contributed by atoms with Crippen molar-refractivity contribution >= 4 is 15.9 Å². The number of alkyl halides is 1. The van der Waals surface area contributed by atoms with E-state index in [9.17, 15) is 0 Å². The third-order valence-electron chi connectivity index (χ3n) is 3.43. The standard InChI is InChI=1S/C17H19BrO3/c1-11-8-15(20-3)16(21-4)10-14(11)17(18)12-6-5-7-13(9-12)19-2/h5-10,17H,1-4H3. The fourth-order valence-corrected chi connectivity index (χ4v) is 3.03. The average molecular weight is 351 g/mol. The Morgan fingerprint density at radius 2 is 1.57 bits per heavy atom. The summed E-state index contributed by atoms with van der Waals surface area (Å²) in [6.07, 6.45) is 0. The van der Waals surface area contributed by atoms with Crippen molar-refractivity contribution in [3.05, 3.63) is 53.1 Å². The molecule has 2 aromatic carbocycles. The van der Waals surface area contributed by atoms with Crippen LogP contribution in [0.25, 0.3) is 0 Å². The van der Waals surface area contributed by atoms with Crippen LogP contribution in [0.2, 0.25) is 0 Å². The Balaban J connectivity index is 2.44. The molecule has 3 nitrogen and oxygen atoms in total. The summed E-state index contributed by atoms with van der Waals surface area (Å²) in [6.45, 7) is 2.06. The van der Waals surface area contributed by atoms with Crippen molar-refractivity contribution in [3.8, 4) is 17.2 Å². The van der Waals surface area contributed by atoms with Crippen molar-refractivity contribution in [2.75, 3.05) is 21.3 Å². The molecule has 0 fully saturated rings. The van der Waals surface area contributed by atoms with E-state index in [2.05, 4.69) is 28.9 Å². The van der Waals surface area contributed by atoms with Crippen molar-refractivity contribution in [2.24, 2.45) is 0 Å². The van der Waals surface area contributed by atoms with Crippen molar-refractivity contribution in [1.82, 2.24) is 0 Å². The maximum Gasteiger partial charge on any atom is 0.161 e. The molecule has 0 aliphatic heterocycles. The van der Waals surface area contributed by atoms with Gasteiger partial charge in [0, 0.05) is 0 Å². The highest BCUT2D eigenvalue weighted by Crippen LogP contribution is 2.39. The average Bonchev–Trinajstić information content (AvgIpc) is 2.53. The van der Waals surface area contributed by atoms with Crippen LogP contribution in [0, 0.1) is 6.92 Å². The van der Waals surface area contributed by atoms with Crippen molar-refractivity contribution in [1.29, 1.82) is 0 Å². The molecule has 1 atom stereocenters. The van der Waals surface area contributed by atoms with Crippen LogP contribution in [0.5, 0.6) is 17.2 Å². The zero-order valence-electron chi connectivity index (χ0n) is 12.6. The minimum atomic E-state index is 0.0624. The molecule has 21 heavy (non-hydrogen) atoms. The van der Waals surface area contributed by atoms with Gasteiger partial charge in [0.25, 0.3) is 0 Å². The number of halogens is 1. The SMILES string of the molecule is COc1cccc(C(Br)c2cc(OC)c(OC)cc2C)c1. The van der Waals surface area contributed by atoms with Gasteiger partial charge in [-0.05, 0) is 47.9 Å². The molecule has 2 aromatic rings. The Hall–Kier alpha value is -1.68. The van der Waals surface area contributed by atoms with Crippen LogP contribution in [0.1, 0.15) is 21.5 Å². The highest BCUT2D eigenvalue weighted by molar-refractivity contribution is 9.09. The lowest BCUT2D eigenvalue weighted by atomic mass is 9.99. The van der Waals surface area contributed by atoms with Gasteiger partial charge in [-0.25, -0.2) is 0 Å². The van der Waals surface area contributed by atoms with Gasteiger partial charge in [-0.1, -0.05) is 28.1 Å². The van der Waals surface area contributed by atoms with E-state index in [0.717, 1.165) is 33.9 Å². The minimum Gasteiger partial charge on any atom is -0.497 e. The van der Waals surface area contributed by atoms with Gasteiger partial charge in [-0.15, -0.1) is 0 Å². The van der Waals surface area contributed by atoms with Gasteiger partial charge in [0.1, 0.15) is 5.75 Å². The van der Waals surface area contributed by atoms with Crippen LogP contribution >= 0.6 is 15.9 Å². The molecule has 0 radical (unpaired) electrons. The normalized spacial score (nSPS) is 11.9. The Morgan fingerprint density at radius 1 is 0.905 bits per heavy atom. The van der Waals surface area contributed by atoms with E-state index < -0.39 is 0 Å². The summed E-state index contributed by atoms with van der Waals surface area (Å²) in [5.41, 5.74) is 3.41. The van der Waals surface area contributed by atoms with Crippen LogP contribution in [-0.2, 0) is 0 Å². The van der Waals surface area contributed by atoms with E-state index in [1.165, 1.54) is 0 Å². The molecule has 0 amide bonds. The third-order valence-corrected chi connectivity index (χ3v) is 4.45. The lowest BCUT2D eigenvalue weighted by Gasteiger charge is -2.17. The maximum absolute atomic E-state index is 5.39. The minimum absolute atomic E-state index is 0.0624. The molecule has 0 heterocycles. The molecule has 0 bridgehead atoms. The first-order chi connectivity index (χ1) is 10.1. The summed E-state index contributed by atoms with van der Waals surface area (Å²) in [4.78, 5) is 0.0624. The number of ether oxygens (including phenoxy) is 3. The molecule has 2 rings (SSSR count). The summed E-state index contributed by atoms with van der Waals surface area (Å²) in [5, 5.41) is 0. The topological polar surface area (TPSA) is 27.7 Å². The largest absolute Gasteiger partial charge is 0.497 e. The summed E-state index contributed by atoms with van der Waals surface area (Å²) >= 11 is 3.77. The second-order valence-corrected chi connectivity index (χ2v) is 5.62. The maximum atomic E-state index is 5.39. The second kappa shape index (κ2) is 6.85. The van der Waals surface area contributed by atoms with Gasteiger partial charge in [0.15, 0.2) is 11.5 Å². The Labute approximate surface area is 134 Å². The van der Waals surface area contributed by atoms with Crippen molar-refractivity contribution in [3.63, 3.8) is 0 Å². The molecule has 1 unspecified atom stereocenters. The zero-order chi connectivity index (χ0) is 15.4. The van der Waals surface area contributed by atoms with Gasteiger partial charge < -0.3 is 14.2 Å². The molecule has 0 aromatic heterocycles. The smallest absolute Gasteiger partial charge is 0.161 e. The zero-order valence-corrected chi connectivity index (χ0v) is 14.2. The first-order valence-electron chi connectivity index (χ1n) is 6.61. The van der Waals surface area contributed by atoms with Crippen LogP contribution in [0.4, 0.5) is 0 Å². The molecule has 4 heteroatoms. The van der Waals surface area contributed by atoms with Crippen LogP contribution in [-0.4, -0.2) is 21.3 Å². The van der Waals surface area contributed by atoms with Gasteiger partial charge in [-0.2, -0.15) is 0 Å². The predicted octanol–water partition coefficient (Wildman–Crippen LogP) is 4.51. The molecule has 0 saturated carbocycles. The van der Waals surface area contributed by atoms with Crippen molar-refractivity contribution < 1.29 is 14.2 Å². The van der Waals surface area contributed by atoms with Crippen molar-refractivity contribution in [2.45, 2.75) is 11.8 Å². The molecular weight excluding hydrogens is 332 g/mol. The van der Waals surface area contributed by atoms with E-state index in [1.54, 1.807) is 21.3 Å². The number of hydrogen-bond donors (Lipinski definition) is 0. The van der Waals surface area contributed by atoms with Crippen LogP contribution in [0.3, 0.4) is 0 Å². The molecule has 0 aliphatic rings. The second-order valence-electron chi connectivity index (χ2n) is 4.70. The first kappa shape index (κ1) is 15.7. The highest BCUT2D eigenvalue weighted by atomic mass is 79.9. The van der Waals surface area contributed by atoms with E-state index in [4.69, 9.17) is 14.2 Å². The Morgan fingerprint density at radius 3 is 2.19 bits per heavy atom. The summed E-state index contributed by atoms with van der Waals surface area (Å²) < 4.78 is 16.0. The van der Waals surface area contributed by atoms with E-state index >= 15 is 0 Å². The third kappa shape index (κ3) is 3.32. The molecule has 0 spiro atoms. The predicted molar refractivity (Wildman–Crippen MR) is 88.0 cm³/mol. The van der Waals surface area contributed by atoms with Gasteiger partial charge >= 0.3 is 0 Å². The number of hydrogen-bond acceptors (Lipinski definition) is 3. The molecule has 0 N–H and O–H groups in total. The Kier molecular flexibility index (Phi) is 5.12. The van der Waals surface area contributed by atoms with Gasteiger partial charge in [0.2, 0.25) is 0 Å². The lowest BCUT2D eigenvalue weighted by Crippen LogP contribution is -1.99. The monoisotopic (exact) mass is 350 g/mol. The quantitative estimate of drug-likeness (QED) is 0.742. The fourth-order valence-electron chi connectivity index (χ4n) is 2.25. The summed E-state index contributed by atoms with van der Waals surface area (Å²) in [6, 6.07) is 12.0. The van der Waals surface area contributed by atoms with Crippen LogP contribution < -0.4 is 14.2 Å². The molecule has 0 aliphatic carbocycles. The van der Waals surface area contributed by atoms with E-state index in [1.807, 2.05) is 30.3 Å². The highest BCUT2D eigenvalue weighted by Gasteiger charge is 2.17. The number of methoxy groups -OCH3 is 3. The number of rotatable bonds is 5. The fraction of sp³-hybridized carbons (Fsp3) is 0.294. The summed E-state index contributed by atoms with van der Waals surface area (Å²) in [5.74, 6) is 2.31. The van der Waals surface area contributed by atoms with Crippen LogP contribution in [0.15, 0.2) is 36.4 Å². The molecular formula is C17H19BrO3. The number of benzene rings is 2. The first-order valence-corrected chi connectivity index (χ1v) is 7.52. The van der Waals surface area contributed by atoms with E-state index in [-0.39, 0.29) is 4.83 Å². The molecule has 112 valence electrons. The lowest BCUT2D eigenvalue weighted by molar-refractivity contribution is 0.354. The number of aryl methyl sites for hydroxylation is 1. The van der Waals surface area contributed by atoms with Gasteiger partial charge in [-0.3, -0.25) is 0 Å². The Bertz CT molecular complexity index is 625. The summed E-state index contributed by atoms with van der Waals surface area (Å²) in [7, 11) is 4.96.